The minimum atomic E-state index is -0.409. The van der Waals surface area contributed by atoms with Crippen molar-refractivity contribution in [2.24, 2.45) is 0 Å². The molecule has 0 aliphatic heterocycles. The minimum Gasteiger partial charge on any atom is -0.490 e. The molecule has 0 aromatic heterocycles. The summed E-state index contributed by atoms with van der Waals surface area (Å²) in [4.78, 5) is 11.9. The van der Waals surface area contributed by atoms with Gasteiger partial charge in [0.1, 0.15) is 12.4 Å². The molecule has 6 heteroatoms. The molecule has 0 saturated carbocycles. The summed E-state index contributed by atoms with van der Waals surface area (Å²) in [7, 11) is 0. The van der Waals surface area contributed by atoms with Gasteiger partial charge in [0.05, 0.1) is 22.3 Å². The maximum absolute atomic E-state index is 13.3. The standard InChI is InChI=1S/C18H18FIO4/c1-3-22-16-10-13(18(21)23-4-2)9-15(20)17(16)24-11-12-6-5-7-14(19)8-12/h5-10H,3-4,11H2,1-2H3. The second kappa shape index (κ2) is 8.86. The molecule has 0 aliphatic rings. The highest BCUT2D eigenvalue weighted by Crippen LogP contribution is 2.35. The highest BCUT2D eigenvalue weighted by molar-refractivity contribution is 14.1. The lowest BCUT2D eigenvalue weighted by Gasteiger charge is -2.15. The van der Waals surface area contributed by atoms with E-state index in [0.29, 0.717) is 35.8 Å². The smallest absolute Gasteiger partial charge is 0.338 e. The van der Waals surface area contributed by atoms with Crippen molar-refractivity contribution in [2.45, 2.75) is 20.5 Å². The molecule has 0 N–H and O–H groups in total. The number of benzene rings is 2. The normalized spacial score (nSPS) is 10.3. The summed E-state index contributed by atoms with van der Waals surface area (Å²) >= 11 is 2.08. The van der Waals surface area contributed by atoms with Crippen LogP contribution in [0.15, 0.2) is 36.4 Å². The first kappa shape index (κ1) is 18.5. The zero-order chi connectivity index (χ0) is 17.5. The fourth-order valence-electron chi connectivity index (χ4n) is 2.09. The number of esters is 1. The van der Waals surface area contributed by atoms with Crippen molar-refractivity contribution in [3.05, 3.63) is 56.9 Å². The highest BCUT2D eigenvalue weighted by Gasteiger charge is 2.17. The van der Waals surface area contributed by atoms with Crippen LogP contribution in [0.4, 0.5) is 4.39 Å². The molecule has 24 heavy (non-hydrogen) atoms. The quantitative estimate of drug-likeness (QED) is 0.463. The Bertz CT molecular complexity index is 718. The first-order chi connectivity index (χ1) is 11.5. The number of hydrogen-bond acceptors (Lipinski definition) is 4. The van der Waals surface area contributed by atoms with Crippen LogP contribution >= 0.6 is 22.6 Å². The summed E-state index contributed by atoms with van der Waals surface area (Å²) in [5.41, 5.74) is 1.12. The predicted molar refractivity (Wildman–Crippen MR) is 97.0 cm³/mol. The monoisotopic (exact) mass is 444 g/mol. The third-order valence-corrected chi connectivity index (χ3v) is 3.89. The number of carbonyl (C=O) groups is 1. The van der Waals surface area contributed by atoms with Gasteiger partial charge in [-0.05, 0) is 66.3 Å². The molecule has 0 saturated heterocycles. The number of ether oxygens (including phenoxy) is 3. The van der Waals surface area contributed by atoms with Gasteiger partial charge in [-0.1, -0.05) is 12.1 Å². The third kappa shape index (κ3) is 4.83. The van der Waals surface area contributed by atoms with Crippen molar-refractivity contribution in [1.29, 1.82) is 0 Å². The van der Waals surface area contributed by atoms with Crippen molar-refractivity contribution < 1.29 is 23.4 Å². The second-order valence-electron chi connectivity index (χ2n) is 4.86. The zero-order valence-electron chi connectivity index (χ0n) is 13.5. The summed E-state index contributed by atoms with van der Waals surface area (Å²) in [6, 6.07) is 9.50. The van der Waals surface area contributed by atoms with E-state index in [1.807, 2.05) is 6.92 Å². The lowest BCUT2D eigenvalue weighted by atomic mass is 10.2. The van der Waals surface area contributed by atoms with Crippen LogP contribution in [0.3, 0.4) is 0 Å². The van der Waals surface area contributed by atoms with E-state index < -0.39 is 5.97 Å². The number of carbonyl (C=O) groups excluding carboxylic acids is 1. The Morgan fingerprint density at radius 2 is 1.92 bits per heavy atom. The lowest BCUT2D eigenvalue weighted by Crippen LogP contribution is -2.08. The molecule has 2 rings (SSSR count). The molecule has 0 heterocycles. The molecule has 128 valence electrons. The third-order valence-electron chi connectivity index (χ3n) is 3.09. The van der Waals surface area contributed by atoms with Crippen LogP contribution in [0.25, 0.3) is 0 Å². The van der Waals surface area contributed by atoms with Crippen LogP contribution in [0.5, 0.6) is 11.5 Å². The van der Waals surface area contributed by atoms with Crippen molar-refractivity contribution >= 4 is 28.6 Å². The van der Waals surface area contributed by atoms with Crippen LogP contribution in [-0.4, -0.2) is 19.2 Å². The van der Waals surface area contributed by atoms with Gasteiger partial charge < -0.3 is 14.2 Å². The Kier molecular flexibility index (Phi) is 6.84. The average molecular weight is 444 g/mol. The van der Waals surface area contributed by atoms with E-state index in [2.05, 4.69) is 22.6 Å². The number of rotatable bonds is 7. The molecule has 0 fully saturated rings. The van der Waals surface area contributed by atoms with Gasteiger partial charge in [-0.25, -0.2) is 9.18 Å². The van der Waals surface area contributed by atoms with E-state index in [-0.39, 0.29) is 12.4 Å². The van der Waals surface area contributed by atoms with Crippen LogP contribution in [0.2, 0.25) is 0 Å². The largest absolute Gasteiger partial charge is 0.490 e. The van der Waals surface area contributed by atoms with Crippen molar-refractivity contribution in [2.75, 3.05) is 13.2 Å². The molecule has 0 unspecified atom stereocenters. The van der Waals surface area contributed by atoms with E-state index >= 15 is 0 Å². The molecule has 0 spiro atoms. The molecule has 0 radical (unpaired) electrons. The zero-order valence-corrected chi connectivity index (χ0v) is 15.6. The van der Waals surface area contributed by atoms with Gasteiger partial charge in [-0.3, -0.25) is 0 Å². The molecule has 0 bridgehead atoms. The van der Waals surface area contributed by atoms with E-state index in [0.717, 1.165) is 3.57 Å². The average Bonchev–Trinajstić information content (AvgIpc) is 2.54. The van der Waals surface area contributed by atoms with Gasteiger partial charge in [0, 0.05) is 0 Å². The molecule has 4 nitrogen and oxygen atoms in total. The Morgan fingerprint density at radius 3 is 2.58 bits per heavy atom. The minimum absolute atomic E-state index is 0.201. The summed E-state index contributed by atoms with van der Waals surface area (Å²) in [5.74, 6) is 0.264. The Morgan fingerprint density at radius 1 is 1.12 bits per heavy atom. The van der Waals surface area contributed by atoms with Gasteiger partial charge in [0.25, 0.3) is 0 Å². The molecule has 0 atom stereocenters. The van der Waals surface area contributed by atoms with Crippen molar-refractivity contribution in [1.82, 2.24) is 0 Å². The summed E-state index contributed by atoms with van der Waals surface area (Å²) in [6.07, 6.45) is 0. The predicted octanol–water partition coefficient (Wildman–Crippen LogP) is 4.58. The van der Waals surface area contributed by atoms with Crippen LogP contribution in [0.1, 0.15) is 29.8 Å². The molecule has 0 aliphatic carbocycles. The van der Waals surface area contributed by atoms with Crippen LogP contribution in [0, 0.1) is 9.39 Å². The first-order valence-corrected chi connectivity index (χ1v) is 8.63. The highest BCUT2D eigenvalue weighted by atomic mass is 127. The van der Waals surface area contributed by atoms with Crippen molar-refractivity contribution in [3.63, 3.8) is 0 Å². The fourth-order valence-corrected chi connectivity index (χ4v) is 2.84. The summed E-state index contributed by atoms with van der Waals surface area (Å²) in [6.45, 7) is 4.53. The number of halogens is 2. The van der Waals surface area contributed by atoms with E-state index in [4.69, 9.17) is 14.2 Å². The Balaban J connectivity index is 2.25. The first-order valence-electron chi connectivity index (χ1n) is 7.55. The molecular weight excluding hydrogens is 426 g/mol. The van der Waals surface area contributed by atoms with Gasteiger partial charge in [0.15, 0.2) is 11.5 Å². The van der Waals surface area contributed by atoms with Crippen LogP contribution < -0.4 is 9.47 Å². The molecule has 2 aromatic carbocycles. The van der Waals surface area contributed by atoms with Gasteiger partial charge in [-0.15, -0.1) is 0 Å². The maximum Gasteiger partial charge on any atom is 0.338 e. The van der Waals surface area contributed by atoms with E-state index in [9.17, 15) is 9.18 Å². The maximum atomic E-state index is 13.3. The molecule has 0 amide bonds. The fraction of sp³-hybridized carbons (Fsp3) is 0.278. The molecular formula is C18H18FIO4. The van der Waals surface area contributed by atoms with E-state index in [1.165, 1.54) is 12.1 Å². The van der Waals surface area contributed by atoms with Gasteiger partial charge in [-0.2, -0.15) is 0 Å². The SMILES string of the molecule is CCOC(=O)c1cc(I)c(OCc2cccc(F)c2)c(OCC)c1. The summed E-state index contributed by atoms with van der Waals surface area (Å²) in [5, 5.41) is 0. The molecule has 2 aromatic rings. The topological polar surface area (TPSA) is 44.8 Å². The lowest BCUT2D eigenvalue weighted by molar-refractivity contribution is 0.0525. The second-order valence-corrected chi connectivity index (χ2v) is 6.02. The van der Waals surface area contributed by atoms with Crippen molar-refractivity contribution in [3.8, 4) is 11.5 Å². The van der Waals surface area contributed by atoms with Gasteiger partial charge in [0.2, 0.25) is 0 Å². The van der Waals surface area contributed by atoms with Crippen LogP contribution in [-0.2, 0) is 11.3 Å². The Labute approximate surface area is 154 Å². The summed E-state index contributed by atoms with van der Waals surface area (Å²) < 4.78 is 30.4. The number of hydrogen-bond donors (Lipinski definition) is 0. The van der Waals surface area contributed by atoms with Gasteiger partial charge >= 0.3 is 5.97 Å². The Hall–Kier alpha value is -1.83. The van der Waals surface area contributed by atoms with E-state index in [1.54, 1.807) is 31.2 Å².